The predicted molar refractivity (Wildman–Crippen MR) is 50.6 cm³/mol. The third-order valence-corrected chi connectivity index (χ3v) is 2.43. The average molecular weight is 204 g/mol. The van der Waals surface area contributed by atoms with Gasteiger partial charge in [0.1, 0.15) is 11.8 Å². The van der Waals surface area contributed by atoms with Crippen LogP contribution in [0, 0.1) is 0 Å². The summed E-state index contributed by atoms with van der Waals surface area (Å²) in [5.74, 6) is -0.419. The summed E-state index contributed by atoms with van der Waals surface area (Å²) in [5.41, 5.74) is -1.41. The molecule has 2 N–H and O–H groups in total. The molecule has 0 aromatic carbocycles. The van der Waals surface area contributed by atoms with Crippen molar-refractivity contribution in [3.8, 4) is 0 Å². The fourth-order valence-electron chi connectivity index (χ4n) is 1.59. The molecular formula is C9H17FN2O2. The normalized spacial score (nSPS) is 28.2. The van der Waals surface area contributed by atoms with Gasteiger partial charge in [-0.05, 0) is 20.9 Å². The summed E-state index contributed by atoms with van der Waals surface area (Å²) < 4.78 is 13.2. The molecule has 0 saturated carbocycles. The second-order valence-electron chi connectivity index (χ2n) is 4.18. The Morgan fingerprint density at radius 3 is 2.50 bits per heavy atom. The van der Waals surface area contributed by atoms with Crippen LogP contribution in [0.25, 0.3) is 0 Å². The average Bonchev–Trinajstić information content (AvgIpc) is 2.43. The quantitative estimate of drug-likeness (QED) is 0.639. The molecular weight excluding hydrogens is 187 g/mol. The van der Waals surface area contributed by atoms with Crippen molar-refractivity contribution in [3.05, 3.63) is 0 Å². The highest BCUT2D eigenvalue weighted by atomic mass is 19.1. The van der Waals surface area contributed by atoms with Crippen molar-refractivity contribution in [3.63, 3.8) is 0 Å². The first-order chi connectivity index (χ1) is 6.36. The number of carbonyl (C=O) groups excluding carboxylic acids is 1. The lowest BCUT2D eigenvalue weighted by molar-refractivity contribution is -0.146. The summed E-state index contributed by atoms with van der Waals surface area (Å²) in [6.45, 7) is 3.21. The number of alkyl halides is 1. The van der Waals surface area contributed by atoms with Gasteiger partial charge in [-0.1, -0.05) is 0 Å². The smallest absolute Gasteiger partial charge is 0.254 e. The van der Waals surface area contributed by atoms with Crippen LogP contribution in [0.4, 0.5) is 4.39 Å². The number of carbonyl (C=O) groups is 1. The van der Waals surface area contributed by atoms with E-state index in [1.807, 2.05) is 0 Å². The number of nitrogens with one attached hydrogen (secondary N) is 1. The number of hydrogen-bond acceptors (Lipinski definition) is 3. The van der Waals surface area contributed by atoms with Gasteiger partial charge in [0.15, 0.2) is 0 Å². The van der Waals surface area contributed by atoms with Crippen molar-refractivity contribution in [2.24, 2.45) is 0 Å². The maximum Gasteiger partial charge on any atom is 0.254 e. The second kappa shape index (κ2) is 3.82. The molecule has 1 fully saturated rings. The highest BCUT2D eigenvalue weighted by molar-refractivity contribution is 5.84. The number of aliphatic hydroxyl groups is 1. The third kappa shape index (κ3) is 2.22. The lowest BCUT2D eigenvalue weighted by Crippen LogP contribution is -2.45. The first-order valence-corrected chi connectivity index (χ1v) is 4.69. The minimum absolute atomic E-state index is 0.0638. The SMILES string of the molecule is CNC1CN(C(=O)C(C)(C)O)C[C@@H]1F. The molecule has 2 atom stereocenters. The van der Waals surface area contributed by atoms with Crippen LogP contribution in [0.2, 0.25) is 0 Å². The molecule has 4 nitrogen and oxygen atoms in total. The minimum Gasteiger partial charge on any atom is -0.381 e. The van der Waals surface area contributed by atoms with E-state index < -0.39 is 17.7 Å². The summed E-state index contributed by atoms with van der Waals surface area (Å²) in [7, 11) is 1.66. The van der Waals surface area contributed by atoms with Gasteiger partial charge in [-0.25, -0.2) is 4.39 Å². The molecule has 1 aliphatic rings. The molecule has 0 spiro atoms. The fraction of sp³-hybridized carbons (Fsp3) is 0.889. The van der Waals surface area contributed by atoms with E-state index >= 15 is 0 Å². The van der Waals surface area contributed by atoms with Crippen molar-refractivity contribution in [1.82, 2.24) is 10.2 Å². The molecule has 1 rings (SSSR count). The maximum absolute atomic E-state index is 13.2. The van der Waals surface area contributed by atoms with Gasteiger partial charge in [-0.3, -0.25) is 4.79 Å². The van der Waals surface area contributed by atoms with E-state index in [1.165, 1.54) is 18.7 Å². The molecule has 0 aromatic rings. The van der Waals surface area contributed by atoms with Crippen molar-refractivity contribution in [2.75, 3.05) is 20.1 Å². The number of likely N-dealkylation sites (tertiary alicyclic amines) is 1. The zero-order valence-electron chi connectivity index (χ0n) is 8.75. The molecule has 0 radical (unpaired) electrons. The summed E-state index contributed by atoms with van der Waals surface area (Å²) in [6.07, 6.45) is -1.05. The molecule has 82 valence electrons. The Labute approximate surface area is 83.1 Å². The molecule has 0 bridgehead atoms. The van der Waals surface area contributed by atoms with Crippen LogP contribution in [0.1, 0.15) is 13.8 Å². The molecule has 1 heterocycles. The van der Waals surface area contributed by atoms with Crippen LogP contribution in [-0.4, -0.2) is 53.9 Å². The van der Waals surface area contributed by atoms with Crippen LogP contribution in [0.15, 0.2) is 0 Å². The number of likely N-dealkylation sites (N-methyl/N-ethyl adjacent to an activating group) is 1. The Balaban J connectivity index is 2.62. The molecule has 0 aliphatic carbocycles. The van der Waals surface area contributed by atoms with Crippen molar-refractivity contribution in [1.29, 1.82) is 0 Å². The van der Waals surface area contributed by atoms with E-state index in [0.717, 1.165) is 0 Å². The monoisotopic (exact) mass is 204 g/mol. The largest absolute Gasteiger partial charge is 0.381 e. The van der Waals surface area contributed by atoms with Crippen LogP contribution in [0.3, 0.4) is 0 Å². The first-order valence-electron chi connectivity index (χ1n) is 4.69. The van der Waals surface area contributed by atoms with Crippen LogP contribution < -0.4 is 5.32 Å². The standard InChI is InChI=1S/C9H17FN2O2/c1-9(2,14)8(13)12-4-6(10)7(5-12)11-3/h6-7,11,14H,4-5H2,1-3H3/t6-,7?/m0/s1. The van der Waals surface area contributed by atoms with Crippen molar-refractivity contribution in [2.45, 2.75) is 31.7 Å². The molecule has 1 unspecified atom stereocenters. The van der Waals surface area contributed by atoms with Gasteiger partial charge in [-0.2, -0.15) is 0 Å². The van der Waals surface area contributed by atoms with Crippen LogP contribution in [-0.2, 0) is 4.79 Å². The van der Waals surface area contributed by atoms with Crippen molar-refractivity contribution >= 4 is 5.91 Å². The van der Waals surface area contributed by atoms with Gasteiger partial charge in [0.2, 0.25) is 0 Å². The van der Waals surface area contributed by atoms with Gasteiger partial charge < -0.3 is 15.3 Å². The zero-order valence-corrected chi connectivity index (χ0v) is 8.75. The van der Waals surface area contributed by atoms with E-state index in [4.69, 9.17) is 0 Å². The maximum atomic E-state index is 13.2. The van der Waals surface area contributed by atoms with E-state index in [2.05, 4.69) is 5.32 Å². The summed E-state index contributed by atoms with van der Waals surface area (Å²) in [6, 6.07) is -0.318. The van der Waals surface area contributed by atoms with Gasteiger partial charge in [0.25, 0.3) is 5.91 Å². The Bertz CT molecular complexity index is 227. The number of nitrogens with zero attached hydrogens (tertiary/aromatic N) is 1. The molecule has 1 saturated heterocycles. The number of amides is 1. The lowest BCUT2D eigenvalue weighted by atomic mass is 10.1. The lowest BCUT2D eigenvalue weighted by Gasteiger charge is -2.24. The Hall–Kier alpha value is -0.680. The Morgan fingerprint density at radius 2 is 2.14 bits per heavy atom. The van der Waals surface area contributed by atoms with Crippen LogP contribution in [0.5, 0.6) is 0 Å². The topological polar surface area (TPSA) is 52.6 Å². The second-order valence-corrected chi connectivity index (χ2v) is 4.18. The first kappa shape index (κ1) is 11.4. The zero-order chi connectivity index (χ0) is 10.9. The number of rotatable bonds is 2. The van der Waals surface area contributed by atoms with E-state index in [9.17, 15) is 14.3 Å². The predicted octanol–water partition coefficient (Wildman–Crippen LogP) is -0.474. The van der Waals surface area contributed by atoms with E-state index in [-0.39, 0.29) is 12.6 Å². The summed E-state index contributed by atoms with van der Waals surface area (Å²) in [5, 5.41) is 12.3. The fourth-order valence-corrected chi connectivity index (χ4v) is 1.59. The van der Waals surface area contributed by atoms with E-state index in [1.54, 1.807) is 7.05 Å². The number of halogens is 1. The van der Waals surface area contributed by atoms with Gasteiger partial charge >= 0.3 is 0 Å². The Kier molecular flexibility index (Phi) is 3.11. The summed E-state index contributed by atoms with van der Waals surface area (Å²) >= 11 is 0. The Morgan fingerprint density at radius 1 is 1.57 bits per heavy atom. The molecule has 1 amide bonds. The summed E-state index contributed by atoms with van der Waals surface area (Å²) in [4.78, 5) is 12.9. The van der Waals surface area contributed by atoms with Crippen LogP contribution >= 0.6 is 0 Å². The van der Waals surface area contributed by atoms with Gasteiger partial charge in [-0.15, -0.1) is 0 Å². The number of hydrogen-bond donors (Lipinski definition) is 2. The molecule has 14 heavy (non-hydrogen) atoms. The highest BCUT2D eigenvalue weighted by Gasteiger charge is 2.39. The molecule has 0 aromatic heterocycles. The van der Waals surface area contributed by atoms with Gasteiger partial charge in [0, 0.05) is 6.54 Å². The van der Waals surface area contributed by atoms with E-state index in [0.29, 0.717) is 6.54 Å². The van der Waals surface area contributed by atoms with Crippen molar-refractivity contribution < 1.29 is 14.3 Å². The molecule has 1 aliphatic heterocycles. The van der Waals surface area contributed by atoms with Gasteiger partial charge in [0.05, 0.1) is 12.6 Å². The highest BCUT2D eigenvalue weighted by Crippen LogP contribution is 2.17. The molecule has 5 heteroatoms. The third-order valence-electron chi connectivity index (χ3n) is 2.43. The minimum atomic E-state index is -1.41.